The normalized spacial score (nSPS) is 12.6. The van der Waals surface area contributed by atoms with Crippen molar-refractivity contribution in [2.45, 2.75) is 33.3 Å². The van der Waals surface area contributed by atoms with Crippen LogP contribution in [0.2, 0.25) is 5.02 Å². The first-order valence-electron chi connectivity index (χ1n) is 10.8. The van der Waals surface area contributed by atoms with E-state index in [1.165, 1.54) is 11.3 Å². The fraction of sp³-hybridized carbons (Fsp3) is 0.192. The van der Waals surface area contributed by atoms with Crippen LogP contribution in [0.3, 0.4) is 0 Å². The van der Waals surface area contributed by atoms with Crippen LogP contribution in [0.5, 0.6) is 0 Å². The van der Waals surface area contributed by atoms with Crippen molar-refractivity contribution >= 4 is 28.9 Å². The third-order valence-corrected chi connectivity index (χ3v) is 7.05. The van der Waals surface area contributed by atoms with E-state index in [1.807, 2.05) is 47.8 Å². The summed E-state index contributed by atoms with van der Waals surface area (Å²) in [6, 6.07) is 15.1. The van der Waals surface area contributed by atoms with Gasteiger partial charge in [-0.3, -0.25) is 9.36 Å². The lowest BCUT2D eigenvalue weighted by molar-refractivity contribution is 0.0532. The highest BCUT2D eigenvalue weighted by Crippen LogP contribution is 2.32. The third-order valence-electron chi connectivity index (χ3n) is 5.93. The number of esters is 1. The lowest BCUT2D eigenvalue weighted by Gasteiger charge is -2.19. The van der Waals surface area contributed by atoms with E-state index in [2.05, 4.69) is 13.8 Å². The minimum Gasteiger partial charge on any atom is -0.456 e. The molecule has 0 atom stereocenters. The molecule has 2 aromatic carbocycles. The van der Waals surface area contributed by atoms with Crippen LogP contribution in [0.15, 0.2) is 58.7 Å². The Kier molecular flexibility index (Phi) is 5.64. The highest BCUT2D eigenvalue weighted by Gasteiger charge is 2.30. The van der Waals surface area contributed by atoms with Crippen LogP contribution < -0.4 is 5.56 Å². The number of hydrogen-bond acceptors (Lipinski definition) is 5. The Morgan fingerprint density at radius 3 is 2.39 bits per heavy atom. The van der Waals surface area contributed by atoms with Crippen LogP contribution in [-0.2, 0) is 24.2 Å². The number of aryl methyl sites for hydroxylation is 2. The predicted molar refractivity (Wildman–Crippen MR) is 131 cm³/mol. The molecule has 1 aliphatic rings. The molecule has 5 rings (SSSR count). The maximum atomic E-state index is 13.9. The van der Waals surface area contributed by atoms with Crippen molar-refractivity contribution in [3.05, 3.63) is 91.7 Å². The van der Waals surface area contributed by atoms with Crippen LogP contribution in [0.4, 0.5) is 0 Å². The van der Waals surface area contributed by atoms with Gasteiger partial charge in [-0.25, -0.2) is 9.78 Å². The summed E-state index contributed by atoms with van der Waals surface area (Å²) < 4.78 is 7.01. The number of fused-ring (bicyclic) bond motifs is 1. The summed E-state index contributed by atoms with van der Waals surface area (Å²) in [5.74, 6) is -0.415. The van der Waals surface area contributed by atoms with Gasteiger partial charge in [0.1, 0.15) is 11.6 Å². The van der Waals surface area contributed by atoms with Crippen molar-refractivity contribution in [2.75, 3.05) is 0 Å². The van der Waals surface area contributed by atoms with Gasteiger partial charge in [-0.05, 0) is 42.2 Å². The Bertz CT molecular complexity index is 1410. The Labute approximate surface area is 200 Å². The van der Waals surface area contributed by atoms with Gasteiger partial charge in [-0.2, -0.15) is 0 Å². The molecular formula is C26H21ClN2O3S. The molecule has 0 fully saturated rings. The van der Waals surface area contributed by atoms with Crippen LogP contribution in [0, 0.1) is 0 Å². The first-order valence-corrected chi connectivity index (χ1v) is 12.1. The molecule has 0 aliphatic carbocycles. The second-order valence-electron chi connectivity index (χ2n) is 7.81. The van der Waals surface area contributed by atoms with Gasteiger partial charge >= 0.3 is 5.97 Å². The van der Waals surface area contributed by atoms with E-state index in [0.717, 1.165) is 40.9 Å². The fourth-order valence-electron chi connectivity index (χ4n) is 4.23. The largest absolute Gasteiger partial charge is 0.456 e. The van der Waals surface area contributed by atoms with E-state index in [4.69, 9.17) is 21.3 Å². The number of thiazole rings is 1. The highest BCUT2D eigenvalue weighted by atomic mass is 35.5. The van der Waals surface area contributed by atoms with E-state index >= 15 is 0 Å². The Hall–Kier alpha value is -3.22. The molecule has 5 nitrogen and oxygen atoms in total. The minimum atomic E-state index is -0.415. The molecule has 0 radical (unpaired) electrons. The second-order valence-corrected chi connectivity index (χ2v) is 9.11. The summed E-state index contributed by atoms with van der Waals surface area (Å²) in [7, 11) is 0. The number of hydrogen-bond donors (Lipinski definition) is 0. The van der Waals surface area contributed by atoms with Gasteiger partial charge in [0, 0.05) is 16.0 Å². The molecule has 2 aromatic heterocycles. The first-order chi connectivity index (χ1) is 16.0. The lowest BCUT2D eigenvalue weighted by Crippen LogP contribution is -2.26. The monoisotopic (exact) mass is 476 g/mol. The minimum absolute atomic E-state index is 0.0821. The molecule has 0 saturated carbocycles. The summed E-state index contributed by atoms with van der Waals surface area (Å²) in [5, 5.41) is 3.12. The van der Waals surface area contributed by atoms with Crippen molar-refractivity contribution in [1.82, 2.24) is 9.55 Å². The molecule has 0 N–H and O–H groups in total. The van der Waals surface area contributed by atoms with Crippen LogP contribution >= 0.6 is 22.9 Å². The predicted octanol–water partition coefficient (Wildman–Crippen LogP) is 6.08. The van der Waals surface area contributed by atoms with Gasteiger partial charge in [-0.15, -0.1) is 11.3 Å². The molecule has 166 valence electrons. The number of nitrogens with zero attached hydrogens (tertiary/aromatic N) is 2. The molecule has 1 aliphatic heterocycles. The van der Waals surface area contributed by atoms with E-state index in [9.17, 15) is 9.59 Å². The van der Waals surface area contributed by atoms with Crippen LogP contribution in [-0.4, -0.2) is 15.5 Å². The number of rotatable bonds is 5. The summed E-state index contributed by atoms with van der Waals surface area (Å²) in [6.07, 6.45) is 1.53. The Morgan fingerprint density at radius 2 is 1.73 bits per heavy atom. The molecule has 3 heterocycles. The number of halogens is 1. The topological polar surface area (TPSA) is 61.2 Å². The zero-order chi connectivity index (χ0) is 23.1. The SMILES string of the molecule is CCc1cccc(CC)c1-n1c2c(cc(-c3nc(-c4ccc(Cl)cc4)cs3)c1=O)C(=O)OC2. The highest BCUT2D eigenvalue weighted by molar-refractivity contribution is 7.13. The average molecular weight is 477 g/mol. The van der Waals surface area contributed by atoms with Gasteiger partial charge in [0.25, 0.3) is 5.56 Å². The van der Waals surface area contributed by atoms with Gasteiger partial charge in [0.05, 0.1) is 28.2 Å². The maximum Gasteiger partial charge on any atom is 0.340 e. The number of carbonyl (C=O) groups is 1. The number of cyclic esters (lactones) is 1. The molecule has 4 aromatic rings. The lowest BCUT2D eigenvalue weighted by atomic mass is 10.0. The smallest absolute Gasteiger partial charge is 0.340 e. The van der Waals surface area contributed by atoms with Gasteiger partial charge < -0.3 is 4.74 Å². The molecule has 0 amide bonds. The number of para-hydroxylation sites is 1. The number of benzene rings is 2. The second kappa shape index (κ2) is 8.61. The number of aromatic nitrogens is 2. The van der Waals surface area contributed by atoms with Crippen molar-refractivity contribution < 1.29 is 9.53 Å². The summed E-state index contributed by atoms with van der Waals surface area (Å²) in [5.41, 5.74) is 5.83. The van der Waals surface area contributed by atoms with Crippen molar-refractivity contribution in [1.29, 1.82) is 0 Å². The standard InChI is InChI=1S/C26H21ClN2O3S/c1-3-15-6-5-7-16(4-2)23(15)29-22-13-32-26(31)19(22)12-20(25(29)30)24-28-21(14-33-24)17-8-10-18(27)11-9-17/h5-12,14H,3-4,13H2,1-2H3. The quantitative estimate of drug-likeness (QED) is 0.328. The van der Waals surface area contributed by atoms with E-state index in [1.54, 1.807) is 10.6 Å². The van der Waals surface area contributed by atoms with Gasteiger partial charge in [0.15, 0.2) is 0 Å². The zero-order valence-electron chi connectivity index (χ0n) is 18.2. The van der Waals surface area contributed by atoms with Gasteiger partial charge in [-0.1, -0.05) is 55.8 Å². The Morgan fingerprint density at radius 1 is 1.03 bits per heavy atom. The van der Waals surface area contributed by atoms with Crippen molar-refractivity contribution in [3.63, 3.8) is 0 Å². The van der Waals surface area contributed by atoms with E-state index in [0.29, 0.717) is 26.9 Å². The summed E-state index contributed by atoms with van der Waals surface area (Å²) in [4.78, 5) is 31.2. The molecule has 7 heteroatoms. The molecule has 0 spiro atoms. The maximum absolute atomic E-state index is 13.9. The average Bonchev–Trinajstić information content (AvgIpc) is 3.46. The number of carbonyl (C=O) groups excluding carboxylic acids is 1. The third kappa shape index (κ3) is 3.69. The van der Waals surface area contributed by atoms with E-state index < -0.39 is 5.97 Å². The molecule has 0 unspecified atom stereocenters. The first kappa shape index (κ1) is 21.6. The van der Waals surface area contributed by atoms with Crippen molar-refractivity contribution in [3.8, 4) is 27.5 Å². The van der Waals surface area contributed by atoms with Crippen LogP contribution in [0.1, 0.15) is 41.0 Å². The fourth-order valence-corrected chi connectivity index (χ4v) is 5.19. The molecule has 33 heavy (non-hydrogen) atoms. The summed E-state index contributed by atoms with van der Waals surface area (Å²) in [6.45, 7) is 4.21. The van der Waals surface area contributed by atoms with Crippen molar-refractivity contribution in [2.24, 2.45) is 0 Å². The van der Waals surface area contributed by atoms with Crippen LogP contribution in [0.25, 0.3) is 27.5 Å². The molecule has 0 bridgehead atoms. The number of ether oxygens (including phenoxy) is 1. The summed E-state index contributed by atoms with van der Waals surface area (Å²) >= 11 is 7.38. The molecular weight excluding hydrogens is 456 g/mol. The zero-order valence-corrected chi connectivity index (χ0v) is 19.8. The number of pyridine rings is 1. The van der Waals surface area contributed by atoms with E-state index in [-0.39, 0.29) is 12.2 Å². The molecule has 0 saturated heterocycles. The van der Waals surface area contributed by atoms with Gasteiger partial charge in [0.2, 0.25) is 0 Å². The Balaban J connectivity index is 1.75.